The zero-order valence-corrected chi connectivity index (χ0v) is 15.3. The Morgan fingerprint density at radius 3 is 2.74 bits per heavy atom. The monoisotopic (exact) mass is 361 g/mol. The first-order valence-electron chi connectivity index (χ1n) is 8.57. The molecule has 0 aliphatic carbocycles. The summed E-state index contributed by atoms with van der Waals surface area (Å²) >= 11 is 0. The third-order valence-corrected chi connectivity index (χ3v) is 4.67. The first-order valence-corrected chi connectivity index (χ1v) is 8.57. The molecule has 2 N–H and O–H groups in total. The SMILES string of the molecule is COc1cncc(-c2cc3cc(CC(=O)c4n[nH]c(C)c4C)cnc3[nH]2)c1. The van der Waals surface area contributed by atoms with Crippen LogP contribution in [-0.2, 0) is 6.42 Å². The molecule has 0 saturated heterocycles. The number of hydrogen-bond acceptors (Lipinski definition) is 5. The molecule has 4 aromatic heterocycles. The predicted octanol–water partition coefficient (Wildman–Crippen LogP) is 3.40. The number of methoxy groups -OCH3 is 1. The van der Waals surface area contributed by atoms with Crippen LogP contribution in [0.3, 0.4) is 0 Å². The maximum atomic E-state index is 12.5. The summed E-state index contributed by atoms with van der Waals surface area (Å²) < 4.78 is 5.23. The van der Waals surface area contributed by atoms with Crippen LogP contribution in [0.1, 0.15) is 27.3 Å². The van der Waals surface area contributed by atoms with Crippen LogP contribution in [0.5, 0.6) is 5.75 Å². The first kappa shape index (κ1) is 17.0. The first-order chi connectivity index (χ1) is 13.0. The lowest BCUT2D eigenvalue weighted by Crippen LogP contribution is -2.06. The minimum absolute atomic E-state index is 0.0224. The summed E-state index contributed by atoms with van der Waals surface area (Å²) in [5.41, 5.74) is 5.71. The molecule has 4 heterocycles. The van der Waals surface area contributed by atoms with E-state index in [1.165, 1.54) is 0 Å². The molecule has 0 aliphatic heterocycles. The highest BCUT2D eigenvalue weighted by atomic mass is 16.5. The fourth-order valence-electron chi connectivity index (χ4n) is 3.02. The number of rotatable bonds is 5. The van der Waals surface area contributed by atoms with Gasteiger partial charge in [-0.05, 0) is 37.6 Å². The Kier molecular flexibility index (Phi) is 4.19. The number of H-pyrrole nitrogens is 2. The van der Waals surface area contributed by atoms with Crippen molar-refractivity contribution in [3.8, 4) is 17.0 Å². The van der Waals surface area contributed by atoms with Crippen LogP contribution < -0.4 is 4.74 Å². The quantitative estimate of drug-likeness (QED) is 0.531. The Bertz CT molecular complexity index is 1140. The van der Waals surface area contributed by atoms with E-state index in [1.807, 2.05) is 32.0 Å². The van der Waals surface area contributed by atoms with Crippen LogP contribution in [0.2, 0.25) is 0 Å². The van der Waals surface area contributed by atoms with Gasteiger partial charge in [-0.15, -0.1) is 0 Å². The molecule has 4 rings (SSSR count). The number of ether oxygens (including phenoxy) is 1. The lowest BCUT2D eigenvalue weighted by atomic mass is 10.0. The average molecular weight is 361 g/mol. The van der Waals surface area contributed by atoms with Crippen molar-refractivity contribution >= 4 is 16.8 Å². The minimum Gasteiger partial charge on any atom is -0.495 e. The number of aromatic nitrogens is 5. The summed E-state index contributed by atoms with van der Waals surface area (Å²) in [5, 5.41) is 7.91. The smallest absolute Gasteiger partial charge is 0.187 e. The number of Topliss-reactive ketones (excluding diaryl/α,β-unsaturated/α-hetero) is 1. The number of aromatic amines is 2. The van der Waals surface area contributed by atoms with Gasteiger partial charge in [0.15, 0.2) is 5.78 Å². The highest BCUT2D eigenvalue weighted by molar-refractivity contribution is 5.97. The van der Waals surface area contributed by atoms with Crippen LogP contribution in [0.15, 0.2) is 36.8 Å². The van der Waals surface area contributed by atoms with Crippen molar-refractivity contribution in [2.24, 2.45) is 0 Å². The molecule has 0 amide bonds. The Morgan fingerprint density at radius 2 is 2.00 bits per heavy atom. The summed E-state index contributed by atoms with van der Waals surface area (Å²) in [6.07, 6.45) is 5.40. The molecular formula is C20H19N5O2. The molecule has 0 aromatic carbocycles. The number of pyridine rings is 2. The molecule has 7 nitrogen and oxygen atoms in total. The van der Waals surface area contributed by atoms with E-state index in [-0.39, 0.29) is 12.2 Å². The van der Waals surface area contributed by atoms with Gasteiger partial charge in [0.2, 0.25) is 0 Å². The summed E-state index contributed by atoms with van der Waals surface area (Å²) in [5.74, 6) is 0.667. The van der Waals surface area contributed by atoms with E-state index < -0.39 is 0 Å². The molecule has 7 heteroatoms. The molecule has 0 unspecified atom stereocenters. The van der Waals surface area contributed by atoms with E-state index in [2.05, 4.69) is 25.1 Å². The number of fused-ring (bicyclic) bond motifs is 1. The van der Waals surface area contributed by atoms with E-state index in [4.69, 9.17) is 4.74 Å². The zero-order valence-electron chi connectivity index (χ0n) is 15.3. The minimum atomic E-state index is -0.0224. The van der Waals surface area contributed by atoms with E-state index in [9.17, 15) is 4.79 Å². The highest BCUT2D eigenvalue weighted by Gasteiger charge is 2.16. The van der Waals surface area contributed by atoms with Gasteiger partial charge in [0.25, 0.3) is 0 Å². The second-order valence-corrected chi connectivity index (χ2v) is 6.50. The maximum absolute atomic E-state index is 12.5. The van der Waals surface area contributed by atoms with Crippen LogP contribution >= 0.6 is 0 Å². The molecule has 4 aromatic rings. The van der Waals surface area contributed by atoms with Gasteiger partial charge in [-0.1, -0.05) is 0 Å². The van der Waals surface area contributed by atoms with E-state index in [1.54, 1.807) is 25.7 Å². The molecule has 136 valence electrons. The number of aryl methyl sites for hydroxylation is 1. The van der Waals surface area contributed by atoms with Gasteiger partial charge in [-0.25, -0.2) is 4.98 Å². The van der Waals surface area contributed by atoms with Gasteiger partial charge in [0.05, 0.1) is 13.3 Å². The normalized spacial score (nSPS) is 11.1. The van der Waals surface area contributed by atoms with Gasteiger partial charge in [-0.3, -0.25) is 14.9 Å². The van der Waals surface area contributed by atoms with Crippen molar-refractivity contribution < 1.29 is 9.53 Å². The van der Waals surface area contributed by atoms with E-state index >= 15 is 0 Å². The topological polar surface area (TPSA) is 96.6 Å². The maximum Gasteiger partial charge on any atom is 0.187 e. The van der Waals surface area contributed by atoms with Gasteiger partial charge in [0, 0.05) is 46.7 Å². The lowest BCUT2D eigenvalue weighted by molar-refractivity contribution is 0.0987. The third-order valence-electron chi connectivity index (χ3n) is 4.67. The van der Waals surface area contributed by atoms with Gasteiger partial charge in [-0.2, -0.15) is 5.10 Å². The van der Waals surface area contributed by atoms with Crippen LogP contribution in [0.25, 0.3) is 22.3 Å². The number of ketones is 1. The highest BCUT2D eigenvalue weighted by Crippen LogP contribution is 2.26. The van der Waals surface area contributed by atoms with Crippen LogP contribution in [0.4, 0.5) is 0 Å². The van der Waals surface area contributed by atoms with Crippen molar-refractivity contribution in [1.82, 2.24) is 25.1 Å². The number of hydrogen-bond donors (Lipinski definition) is 2. The third kappa shape index (κ3) is 3.19. The van der Waals surface area contributed by atoms with Crippen molar-refractivity contribution in [2.75, 3.05) is 7.11 Å². The summed E-state index contributed by atoms with van der Waals surface area (Å²) in [6.45, 7) is 3.80. The Morgan fingerprint density at radius 1 is 1.15 bits per heavy atom. The standard InChI is InChI=1S/C20H19N5O2/c1-11-12(2)24-25-19(11)18(26)5-13-4-14-7-17(23-20(14)22-8-13)15-6-16(27-3)10-21-9-15/h4,6-10H,5H2,1-3H3,(H,22,23)(H,24,25). The van der Waals surface area contributed by atoms with Crippen LogP contribution in [-0.4, -0.2) is 38.0 Å². The molecule has 0 radical (unpaired) electrons. The molecular weight excluding hydrogens is 342 g/mol. The van der Waals surface area contributed by atoms with E-state index in [0.29, 0.717) is 11.4 Å². The average Bonchev–Trinajstić information content (AvgIpc) is 3.25. The Labute approximate surface area is 155 Å². The number of carbonyl (C=O) groups is 1. The summed E-state index contributed by atoms with van der Waals surface area (Å²) in [6, 6.07) is 5.88. The fraction of sp³-hybridized carbons (Fsp3) is 0.200. The largest absolute Gasteiger partial charge is 0.495 e. The van der Waals surface area contributed by atoms with E-state index in [0.717, 1.165) is 39.1 Å². The van der Waals surface area contributed by atoms with Crippen molar-refractivity contribution in [2.45, 2.75) is 20.3 Å². The van der Waals surface area contributed by atoms with Gasteiger partial charge in [0.1, 0.15) is 17.1 Å². The lowest BCUT2D eigenvalue weighted by Gasteiger charge is -2.01. The number of nitrogens with one attached hydrogen (secondary N) is 2. The molecule has 0 bridgehead atoms. The van der Waals surface area contributed by atoms with Crippen molar-refractivity contribution in [3.63, 3.8) is 0 Å². The summed E-state index contributed by atoms with van der Waals surface area (Å²) in [4.78, 5) is 24.5. The van der Waals surface area contributed by atoms with Gasteiger partial charge >= 0.3 is 0 Å². The molecule has 0 aliphatic rings. The van der Waals surface area contributed by atoms with Crippen LogP contribution in [0, 0.1) is 13.8 Å². The Balaban J connectivity index is 1.62. The fourth-order valence-corrected chi connectivity index (χ4v) is 3.02. The van der Waals surface area contributed by atoms with Gasteiger partial charge < -0.3 is 9.72 Å². The van der Waals surface area contributed by atoms with Crippen molar-refractivity contribution in [1.29, 1.82) is 0 Å². The Hall–Kier alpha value is -3.48. The second-order valence-electron chi connectivity index (χ2n) is 6.50. The van der Waals surface area contributed by atoms with Crippen molar-refractivity contribution in [3.05, 3.63) is 59.3 Å². The molecule has 0 saturated carbocycles. The molecule has 0 fully saturated rings. The molecule has 0 atom stereocenters. The molecule has 0 spiro atoms. The number of carbonyl (C=O) groups excluding carboxylic acids is 1. The number of nitrogens with zero attached hydrogens (tertiary/aromatic N) is 3. The predicted molar refractivity (Wildman–Crippen MR) is 102 cm³/mol. The zero-order chi connectivity index (χ0) is 19.0. The molecule has 27 heavy (non-hydrogen) atoms. The second kappa shape index (κ2) is 6.68. The summed E-state index contributed by atoms with van der Waals surface area (Å²) in [7, 11) is 1.61.